The van der Waals surface area contributed by atoms with Gasteiger partial charge in [0.1, 0.15) is 17.7 Å². The van der Waals surface area contributed by atoms with E-state index in [1.165, 1.54) is 17.3 Å². The molecule has 3 aliphatic heterocycles. The van der Waals surface area contributed by atoms with Crippen LogP contribution >= 0.6 is 0 Å². The molecule has 0 radical (unpaired) electrons. The number of nitrogens with zero attached hydrogens (tertiary/aromatic N) is 2. The smallest absolute Gasteiger partial charge is 0.129 e. The van der Waals surface area contributed by atoms with E-state index >= 15 is 0 Å². The molecule has 1 aromatic carbocycles. The van der Waals surface area contributed by atoms with E-state index in [-0.39, 0.29) is 23.8 Å². The van der Waals surface area contributed by atoms with Crippen LogP contribution in [-0.4, -0.2) is 65.4 Å². The van der Waals surface area contributed by atoms with Crippen molar-refractivity contribution < 1.29 is 18.6 Å². The highest BCUT2D eigenvalue weighted by Gasteiger charge is 2.43. The highest BCUT2D eigenvalue weighted by molar-refractivity contribution is 5.29. The van der Waals surface area contributed by atoms with Gasteiger partial charge < -0.3 is 20.5 Å². The van der Waals surface area contributed by atoms with Gasteiger partial charge in [-0.05, 0) is 62.8 Å². The van der Waals surface area contributed by atoms with E-state index in [1.54, 1.807) is 0 Å². The molecule has 0 saturated carbocycles. The van der Waals surface area contributed by atoms with Gasteiger partial charge in [0, 0.05) is 43.0 Å². The summed E-state index contributed by atoms with van der Waals surface area (Å²) in [6.07, 6.45) is 2.06. The van der Waals surface area contributed by atoms with E-state index in [1.807, 2.05) is 0 Å². The summed E-state index contributed by atoms with van der Waals surface area (Å²) in [6.45, 7) is 9.70. The summed E-state index contributed by atoms with van der Waals surface area (Å²) in [5.74, 6) is -0.498. The Balaban J connectivity index is 1.49. The fraction of sp³-hybridized carbons (Fsp3) is 0.667. The van der Waals surface area contributed by atoms with Crippen LogP contribution in [0, 0.1) is 17.6 Å². The molecule has 172 valence electrons. The van der Waals surface area contributed by atoms with Crippen LogP contribution < -0.4 is 5.73 Å². The Hall–Kier alpha value is -1.54. The molecule has 2 unspecified atom stereocenters. The number of nitrogens with two attached hydrogens (primary N) is 1. The first-order valence-electron chi connectivity index (χ1n) is 11.4. The van der Waals surface area contributed by atoms with E-state index in [4.69, 9.17) is 10.5 Å². The van der Waals surface area contributed by atoms with Gasteiger partial charge >= 0.3 is 0 Å². The third-order valence-electron chi connectivity index (χ3n) is 7.62. The predicted molar refractivity (Wildman–Crippen MR) is 116 cm³/mol. The third-order valence-corrected chi connectivity index (χ3v) is 7.62. The van der Waals surface area contributed by atoms with Gasteiger partial charge in [-0.2, -0.15) is 0 Å². The Morgan fingerprint density at radius 2 is 2.06 bits per heavy atom. The van der Waals surface area contributed by atoms with Gasteiger partial charge in [-0.25, -0.2) is 8.78 Å². The van der Waals surface area contributed by atoms with Gasteiger partial charge in [0.15, 0.2) is 0 Å². The number of hydrogen-bond donors (Lipinski definition) is 2. The summed E-state index contributed by atoms with van der Waals surface area (Å²) in [4.78, 5) is 4.80. The maximum atomic E-state index is 14.3. The van der Waals surface area contributed by atoms with Gasteiger partial charge in [-0.3, -0.25) is 4.90 Å². The first-order chi connectivity index (χ1) is 14.8. The number of benzene rings is 1. The van der Waals surface area contributed by atoms with Gasteiger partial charge in [0.25, 0.3) is 0 Å². The Morgan fingerprint density at radius 1 is 1.29 bits per heavy atom. The number of likely N-dealkylation sites (N-methyl/N-ethyl adjacent to an activating group) is 1. The van der Waals surface area contributed by atoms with Crippen LogP contribution in [0.25, 0.3) is 0 Å². The van der Waals surface area contributed by atoms with Crippen LogP contribution in [0.2, 0.25) is 0 Å². The molecule has 1 fully saturated rings. The normalized spacial score (nSPS) is 34.7. The summed E-state index contributed by atoms with van der Waals surface area (Å²) >= 11 is 0. The van der Waals surface area contributed by atoms with Crippen molar-refractivity contribution in [2.45, 2.75) is 63.8 Å². The minimum absolute atomic E-state index is 0.126. The second kappa shape index (κ2) is 8.77. The molecule has 3 heterocycles. The first kappa shape index (κ1) is 22.6. The van der Waals surface area contributed by atoms with Gasteiger partial charge in [-0.1, -0.05) is 6.92 Å². The zero-order chi connectivity index (χ0) is 22.3. The highest BCUT2D eigenvalue weighted by atomic mass is 19.1. The summed E-state index contributed by atoms with van der Waals surface area (Å²) < 4.78 is 33.9. The molecular weight excluding hydrogens is 400 g/mol. The molecule has 1 aromatic rings. The van der Waals surface area contributed by atoms with E-state index in [9.17, 15) is 13.9 Å². The molecule has 3 aliphatic rings. The molecule has 0 amide bonds. The Labute approximate surface area is 183 Å². The van der Waals surface area contributed by atoms with Crippen LogP contribution in [-0.2, 0) is 4.74 Å². The summed E-state index contributed by atoms with van der Waals surface area (Å²) in [6, 6.07) is 3.16. The average molecular weight is 436 g/mol. The number of ether oxygens (including phenoxy) is 1. The SMILES string of the molecule is CCN1C2=C(CN([C@H]3CO[C@H](c4cc(F)ccc4F)[C@@H](N)C3)C2)C(C)CCC1(C)CO. The molecule has 0 spiro atoms. The van der Waals surface area contributed by atoms with Crippen molar-refractivity contribution in [3.63, 3.8) is 0 Å². The molecule has 4 rings (SSSR count). The van der Waals surface area contributed by atoms with Gasteiger partial charge in [0.2, 0.25) is 0 Å². The first-order valence-corrected chi connectivity index (χ1v) is 11.4. The van der Waals surface area contributed by atoms with E-state index in [0.717, 1.165) is 44.6 Å². The number of aliphatic hydroxyl groups excluding tert-OH is 1. The lowest BCUT2D eigenvalue weighted by atomic mass is 9.90. The molecular formula is C24H35F2N3O2. The van der Waals surface area contributed by atoms with Crippen LogP contribution in [0.4, 0.5) is 8.78 Å². The summed E-state index contributed by atoms with van der Waals surface area (Å²) in [5.41, 5.74) is 9.15. The van der Waals surface area contributed by atoms with Crippen LogP contribution in [0.3, 0.4) is 0 Å². The number of rotatable bonds is 4. The fourth-order valence-electron chi connectivity index (χ4n) is 5.67. The summed E-state index contributed by atoms with van der Waals surface area (Å²) in [7, 11) is 0. The van der Waals surface area contributed by atoms with Gasteiger partial charge in [0.05, 0.1) is 18.8 Å². The van der Waals surface area contributed by atoms with Crippen molar-refractivity contribution in [2.24, 2.45) is 11.7 Å². The number of hydrogen-bond acceptors (Lipinski definition) is 5. The summed E-state index contributed by atoms with van der Waals surface area (Å²) in [5, 5.41) is 10.1. The Bertz CT molecular complexity index is 848. The lowest BCUT2D eigenvalue weighted by molar-refractivity contribution is -0.0481. The van der Waals surface area contributed by atoms with Crippen molar-refractivity contribution >= 4 is 0 Å². The molecule has 5 atom stereocenters. The maximum absolute atomic E-state index is 14.3. The molecule has 0 aromatic heterocycles. The van der Waals surface area contributed by atoms with E-state index in [2.05, 4.69) is 30.6 Å². The number of aliphatic hydroxyl groups is 1. The second-order valence-corrected chi connectivity index (χ2v) is 9.69. The zero-order valence-corrected chi connectivity index (χ0v) is 18.8. The van der Waals surface area contributed by atoms with E-state index in [0.29, 0.717) is 18.9 Å². The topological polar surface area (TPSA) is 62.0 Å². The van der Waals surface area contributed by atoms with Crippen LogP contribution in [0.5, 0.6) is 0 Å². The molecule has 0 aliphatic carbocycles. The Morgan fingerprint density at radius 3 is 2.74 bits per heavy atom. The van der Waals surface area contributed by atoms with E-state index < -0.39 is 23.8 Å². The quantitative estimate of drug-likeness (QED) is 0.761. The maximum Gasteiger partial charge on any atom is 0.129 e. The highest BCUT2D eigenvalue weighted by Crippen LogP contribution is 2.41. The van der Waals surface area contributed by atoms with Crippen LogP contribution in [0.15, 0.2) is 29.5 Å². The van der Waals surface area contributed by atoms with Crippen molar-refractivity contribution in [1.82, 2.24) is 9.80 Å². The largest absolute Gasteiger partial charge is 0.394 e. The lowest BCUT2D eigenvalue weighted by Gasteiger charge is -2.43. The van der Waals surface area contributed by atoms with Crippen molar-refractivity contribution in [1.29, 1.82) is 0 Å². The fourth-order valence-corrected chi connectivity index (χ4v) is 5.67. The average Bonchev–Trinajstić information content (AvgIpc) is 3.15. The standard InChI is InChI=1S/C24H35F2N3O2/c1-4-29-22-12-28(11-19(22)15(2)7-8-24(29,3)14-30)17-10-21(27)23(31-13-17)18-9-16(25)5-6-20(18)26/h5-6,9,15,17,21,23,30H,4,7-8,10-14,27H2,1-3H3/t15?,17-,21+,23-,24?/m1/s1. The van der Waals surface area contributed by atoms with Crippen molar-refractivity contribution in [3.8, 4) is 0 Å². The van der Waals surface area contributed by atoms with Crippen molar-refractivity contribution in [3.05, 3.63) is 46.7 Å². The lowest BCUT2D eigenvalue weighted by Crippen LogP contribution is -2.51. The number of halogens is 2. The molecule has 3 N–H and O–H groups in total. The molecule has 5 nitrogen and oxygen atoms in total. The zero-order valence-electron chi connectivity index (χ0n) is 18.8. The molecule has 31 heavy (non-hydrogen) atoms. The molecule has 7 heteroatoms. The minimum atomic E-state index is -0.635. The van der Waals surface area contributed by atoms with Crippen molar-refractivity contribution in [2.75, 3.05) is 32.8 Å². The van der Waals surface area contributed by atoms with Gasteiger partial charge in [-0.15, -0.1) is 0 Å². The molecule has 1 saturated heterocycles. The van der Waals surface area contributed by atoms with Crippen LogP contribution in [0.1, 0.15) is 51.7 Å². The monoisotopic (exact) mass is 435 g/mol. The minimum Gasteiger partial charge on any atom is -0.394 e. The molecule has 0 bridgehead atoms. The third kappa shape index (κ3) is 4.13. The second-order valence-electron chi connectivity index (χ2n) is 9.69. The predicted octanol–water partition coefficient (Wildman–Crippen LogP) is 3.19. The Kier molecular flexibility index (Phi) is 6.41.